The highest BCUT2D eigenvalue weighted by atomic mass is 16.5. The zero-order chi connectivity index (χ0) is 15.2. The standard InChI is InChI=1S/C17H19NO3/c1-12-4-9-16(20-2)17(21-3)18-10-15(12)14-7-5-13(11-19)6-8-14/h5-12H,4H2,1-3H3/b15-10-,16-9-,18-17+. The molecule has 0 aliphatic carbocycles. The average Bonchev–Trinajstić information content (AvgIpc) is 2.52. The normalized spacial score (nSPS) is 26.0. The number of nitrogens with zero attached hydrogens (tertiary/aromatic N) is 1. The van der Waals surface area contributed by atoms with Crippen molar-refractivity contribution in [3.8, 4) is 0 Å². The Hall–Kier alpha value is -2.36. The molecule has 1 heterocycles. The van der Waals surface area contributed by atoms with Crippen LogP contribution in [0, 0.1) is 5.92 Å². The summed E-state index contributed by atoms with van der Waals surface area (Å²) >= 11 is 0. The number of aldehydes is 1. The topological polar surface area (TPSA) is 47.9 Å². The minimum atomic E-state index is 0.291. The third kappa shape index (κ3) is 3.40. The predicted molar refractivity (Wildman–Crippen MR) is 83.1 cm³/mol. The van der Waals surface area contributed by atoms with Crippen molar-refractivity contribution in [2.45, 2.75) is 13.3 Å². The first-order valence-electron chi connectivity index (χ1n) is 6.81. The van der Waals surface area contributed by atoms with Gasteiger partial charge in [0.05, 0.1) is 14.2 Å². The lowest BCUT2D eigenvalue weighted by atomic mass is 9.91. The second-order valence-corrected chi connectivity index (χ2v) is 4.87. The van der Waals surface area contributed by atoms with Gasteiger partial charge in [0.25, 0.3) is 5.90 Å². The van der Waals surface area contributed by atoms with Gasteiger partial charge in [0.1, 0.15) is 6.29 Å². The molecule has 4 heteroatoms. The van der Waals surface area contributed by atoms with Crippen LogP contribution < -0.4 is 0 Å². The van der Waals surface area contributed by atoms with Crippen molar-refractivity contribution in [1.29, 1.82) is 0 Å². The quantitative estimate of drug-likeness (QED) is 0.799. The monoisotopic (exact) mass is 285 g/mol. The SMILES string of the molecule is COC1=C\CC(C)/C(c2ccc(C=O)cc2)=C/N=C\1OC. The Balaban J connectivity index is 2.39. The van der Waals surface area contributed by atoms with Gasteiger partial charge in [-0.25, -0.2) is 4.99 Å². The van der Waals surface area contributed by atoms with Crippen LogP contribution in [0.1, 0.15) is 29.3 Å². The molecule has 110 valence electrons. The van der Waals surface area contributed by atoms with E-state index in [2.05, 4.69) is 11.9 Å². The largest absolute Gasteiger partial charge is 0.491 e. The summed E-state index contributed by atoms with van der Waals surface area (Å²) in [5.74, 6) is 1.40. The number of aliphatic imine (C=N–C) groups is 1. The molecular weight excluding hydrogens is 266 g/mol. The van der Waals surface area contributed by atoms with Crippen molar-refractivity contribution in [3.05, 3.63) is 53.4 Å². The Morgan fingerprint density at radius 2 is 1.90 bits per heavy atom. The highest BCUT2D eigenvalue weighted by Crippen LogP contribution is 2.28. The van der Waals surface area contributed by atoms with Crippen LogP contribution in [0.25, 0.3) is 5.57 Å². The molecule has 0 fully saturated rings. The summed E-state index contributed by atoms with van der Waals surface area (Å²) < 4.78 is 10.5. The lowest BCUT2D eigenvalue weighted by Crippen LogP contribution is -2.10. The summed E-state index contributed by atoms with van der Waals surface area (Å²) in [6, 6.07) is 7.51. The minimum Gasteiger partial charge on any atom is -0.491 e. The van der Waals surface area contributed by atoms with Crippen molar-refractivity contribution in [1.82, 2.24) is 0 Å². The number of hydrogen-bond donors (Lipinski definition) is 0. The number of hydrogen-bond acceptors (Lipinski definition) is 4. The molecule has 0 amide bonds. The van der Waals surface area contributed by atoms with Gasteiger partial charge >= 0.3 is 0 Å². The van der Waals surface area contributed by atoms with Crippen molar-refractivity contribution in [2.24, 2.45) is 10.9 Å². The summed E-state index contributed by atoms with van der Waals surface area (Å²) in [6.07, 6.45) is 5.46. The van der Waals surface area contributed by atoms with Gasteiger partial charge in [-0.05, 0) is 29.6 Å². The van der Waals surface area contributed by atoms with Crippen LogP contribution in [0.2, 0.25) is 0 Å². The number of ether oxygens (including phenoxy) is 2. The fraction of sp³-hybridized carbons (Fsp3) is 0.294. The number of carbonyl (C=O) groups is 1. The Morgan fingerprint density at radius 3 is 2.48 bits per heavy atom. The highest BCUT2D eigenvalue weighted by molar-refractivity contribution is 5.92. The summed E-state index contributed by atoms with van der Waals surface area (Å²) in [6.45, 7) is 2.14. The first-order valence-corrected chi connectivity index (χ1v) is 6.81. The van der Waals surface area contributed by atoms with Crippen LogP contribution in [0.3, 0.4) is 0 Å². The van der Waals surface area contributed by atoms with E-state index in [0.717, 1.165) is 23.8 Å². The zero-order valence-corrected chi connectivity index (χ0v) is 12.5. The van der Waals surface area contributed by atoms with E-state index >= 15 is 0 Å². The van der Waals surface area contributed by atoms with Crippen LogP contribution >= 0.6 is 0 Å². The average molecular weight is 285 g/mol. The first kappa shape index (κ1) is 15.0. The van der Waals surface area contributed by atoms with Gasteiger partial charge in [-0.3, -0.25) is 4.79 Å². The number of rotatable bonds is 3. The summed E-state index contributed by atoms with van der Waals surface area (Å²) in [4.78, 5) is 15.1. The Labute approximate surface area is 124 Å². The number of carbonyl (C=O) groups excluding carboxylic acids is 1. The van der Waals surface area contributed by atoms with Gasteiger partial charge in [0.2, 0.25) is 0 Å². The van der Waals surface area contributed by atoms with Crippen molar-refractivity contribution < 1.29 is 14.3 Å². The smallest absolute Gasteiger partial charge is 0.256 e. The molecule has 4 nitrogen and oxygen atoms in total. The van der Waals surface area contributed by atoms with Crippen LogP contribution in [-0.4, -0.2) is 26.4 Å². The molecule has 0 spiro atoms. The van der Waals surface area contributed by atoms with Gasteiger partial charge in [0.15, 0.2) is 5.76 Å². The summed E-state index contributed by atoms with van der Waals surface area (Å²) in [5.41, 5.74) is 2.83. The molecule has 0 bridgehead atoms. The molecule has 1 atom stereocenters. The molecule has 1 unspecified atom stereocenters. The molecule has 1 aromatic rings. The van der Waals surface area contributed by atoms with Gasteiger partial charge in [-0.2, -0.15) is 0 Å². The lowest BCUT2D eigenvalue weighted by Gasteiger charge is -2.18. The Morgan fingerprint density at radius 1 is 1.19 bits per heavy atom. The highest BCUT2D eigenvalue weighted by Gasteiger charge is 2.16. The number of methoxy groups -OCH3 is 2. The molecule has 0 aromatic heterocycles. The molecule has 1 aromatic carbocycles. The van der Waals surface area contributed by atoms with E-state index in [1.807, 2.05) is 36.5 Å². The molecular formula is C17H19NO3. The van der Waals surface area contributed by atoms with Gasteiger partial charge in [0, 0.05) is 11.8 Å². The van der Waals surface area contributed by atoms with E-state index in [-0.39, 0.29) is 0 Å². The lowest BCUT2D eigenvalue weighted by molar-refractivity contribution is 0.112. The van der Waals surface area contributed by atoms with Crippen molar-refractivity contribution >= 4 is 17.8 Å². The maximum atomic E-state index is 10.7. The predicted octanol–water partition coefficient (Wildman–Crippen LogP) is 3.46. The van der Waals surface area contributed by atoms with Crippen LogP contribution in [-0.2, 0) is 9.47 Å². The number of benzene rings is 1. The third-order valence-corrected chi connectivity index (χ3v) is 3.51. The van der Waals surface area contributed by atoms with E-state index in [9.17, 15) is 4.79 Å². The third-order valence-electron chi connectivity index (χ3n) is 3.51. The maximum Gasteiger partial charge on any atom is 0.256 e. The Kier molecular flexibility index (Phi) is 4.93. The molecule has 0 saturated heterocycles. The zero-order valence-electron chi connectivity index (χ0n) is 12.5. The van der Waals surface area contributed by atoms with Crippen molar-refractivity contribution in [3.63, 3.8) is 0 Å². The second-order valence-electron chi connectivity index (χ2n) is 4.87. The fourth-order valence-corrected chi connectivity index (χ4v) is 2.25. The van der Waals surface area contributed by atoms with E-state index < -0.39 is 0 Å². The van der Waals surface area contributed by atoms with Gasteiger partial charge < -0.3 is 9.47 Å². The maximum absolute atomic E-state index is 10.7. The van der Waals surface area contributed by atoms with Crippen LogP contribution in [0.5, 0.6) is 0 Å². The fourth-order valence-electron chi connectivity index (χ4n) is 2.25. The van der Waals surface area contributed by atoms with E-state index in [1.54, 1.807) is 14.2 Å². The molecule has 2 rings (SSSR count). The van der Waals surface area contributed by atoms with Gasteiger partial charge in [-0.1, -0.05) is 31.2 Å². The van der Waals surface area contributed by atoms with E-state index in [4.69, 9.17) is 9.47 Å². The molecule has 0 N–H and O–H groups in total. The number of allylic oxidation sites excluding steroid dienone is 2. The molecule has 21 heavy (non-hydrogen) atoms. The van der Waals surface area contributed by atoms with Gasteiger partial charge in [-0.15, -0.1) is 0 Å². The van der Waals surface area contributed by atoms with Crippen LogP contribution in [0.4, 0.5) is 0 Å². The van der Waals surface area contributed by atoms with Crippen LogP contribution in [0.15, 0.2) is 47.3 Å². The Bertz CT molecular complexity index is 597. The van der Waals surface area contributed by atoms with E-state index in [0.29, 0.717) is 23.1 Å². The van der Waals surface area contributed by atoms with E-state index in [1.165, 1.54) is 0 Å². The first-order chi connectivity index (χ1) is 10.2. The molecule has 0 saturated carbocycles. The second kappa shape index (κ2) is 6.88. The molecule has 0 radical (unpaired) electrons. The molecule has 1 aliphatic rings. The van der Waals surface area contributed by atoms with Crippen molar-refractivity contribution in [2.75, 3.05) is 14.2 Å². The minimum absolute atomic E-state index is 0.291. The summed E-state index contributed by atoms with van der Waals surface area (Å²) in [7, 11) is 3.18. The molecule has 1 aliphatic heterocycles. The summed E-state index contributed by atoms with van der Waals surface area (Å²) in [5, 5.41) is 0.